The zero-order valence-electron chi connectivity index (χ0n) is 10.9. The number of anilines is 1. The smallest absolute Gasteiger partial charge is 0.256 e. The van der Waals surface area contributed by atoms with Crippen LogP contribution in [0.5, 0.6) is 0 Å². The zero-order chi connectivity index (χ0) is 13.0. The fourth-order valence-electron chi connectivity index (χ4n) is 2.09. The van der Waals surface area contributed by atoms with Gasteiger partial charge < -0.3 is 10.2 Å². The van der Waals surface area contributed by atoms with Gasteiger partial charge in [0, 0.05) is 24.8 Å². The molecular formula is C15H20N2O. The summed E-state index contributed by atoms with van der Waals surface area (Å²) in [5, 5.41) is 3.24. The van der Waals surface area contributed by atoms with Crippen molar-refractivity contribution >= 4 is 11.6 Å². The molecule has 1 aromatic carbocycles. The first-order valence-corrected chi connectivity index (χ1v) is 6.52. The highest BCUT2D eigenvalue weighted by Gasteiger charge is 2.32. The molecule has 0 atom stereocenters. The van der Waals surface area contributed by atoms with Crippen LogP contribution in [0.2, 0.25) is 0 Å². The molecule has 1 saturated carbocycles. The summed E-state index contributed by atoms with van der Waals surface area (Å²) in [6, 6.07) is 8.11. The van der Waals surface area contributed by atoms with Gasteiger partial charge in [0.05, 0.1) is 5.56 Å². The van der Waals surface area contributed by atoms with Gasteiger partial charge in [0.1, 0.15) is 0 Å². The summed E-state index contributed by atoms with van der Waals surface area (Å²) < 4.78 is 0. The van der Waals surface area contributed by atoms with E-state index in [9.17, 15) is 4.79 Å². The highest BCUT2D eigenvalue weighted by Crippen LogP contribution is 2.29. The summed E-state index contributed by atoms with van der Waals surface area (Å²) in [6.45, 7) is 7.21. The van der Waals surface area contributed by atoms with Crippen molar-refractivity contribution in [1.82, 2.24) is 4.90 Å². The Labute approximate surface area is 108 Å². The molecule has 1 fully saturated rings. The number of nitrogens with zero attached hydrogens (tertiary/aromatic N) is 1. The Morgan fingerprint density at radius 3 is 2.83 bits per heavy atom. The monoisotopic (exact) mass is 244 g/mol. The van der Waals surface area contributed by atoms with Crippen LogP contribution in [0.1, 0.15) is 30.1 Å². The van der Waals surface area contributed by atoms with Crippen molar-refractivity contribution in [3.63, 3.8) is 0 Å². The quantitative estimate of drug-likeness (QED) is 0.780. The number of para-hydroxylation sites is 1. The summed E-state index contributed by atoms with van der Waals surface area (Å²) in [7, 11) is 0. The Balaban J connectivity index is 2.23. The van der Waals surface area contributed by atoms with E-state index in [1.807, 2.05) is 36.1 Å². The number of hydrogen-bond acceptors (Lipinski definition) is 2. The van der Waals surface area contributed by atoms with E-state index in [-0.39, 0.29) is 5.91 Å². The lowest BCUT2D eigenvalue weighted by molar-refractivity contribution is 0.0763. The van der Waals surface area contributed by atoms with Crippen LogP contribution in [0.4, 0.5) is 5.69 Å². The van der Waals surface area contributed by atoms with Gasteiger partial charge in [0.25, 0.3) is 5.91 Å². The van der Waals surface area contributed by atoms with Gasteiger partial charge >= 0.3 is 0 Å². The van der Waals surface area contributed by atoms with Crippen molar-refractivity contribution in [2.75, 3.05) is 18.4 Å². The van der Waals surface area contributed by atoms with Crippen molar-refractivity contribution in [1.29, 1.82) is 0 Å². The van der Waals surface area contributed by atoms with E-state index < -0.39 is 0 Å². The fourth-order valence-corrected chi connectivity index (χ4v) is 2.09. The summed E-state index contributed by atoms with van der Waals surface area (Å²) >= 11 is 0. The molecule has 0 heterocycles. The predicted molar refractivity (Wildman–Crippen MR) is 74.9 cm³/mol. The van der Waals surface area contributed by atoms with E-state index in [4.69, 9.17) is 0 Å². The van der Waals surface area contributed by atoms with Crippen LogP contribution in [-0.4, -0.2) is 29.9 Å². The minimum absolute atomic E-state index is 0.106. The van der Waals surface area contributed by atoms with Crippen molar-refractivity contribution in [2.24, 2.45) is 0 Å². The summed E-state index contributed by atoms with van der Waals surface area (Å²) in [4.78, 5) is 14.5. The second-order valence-corrected chi connectivity index (χ2v) is 4.55. The average molecular weight is 244 g/mol. The molecule has 2 rings (SSSR count). The van der Waals surface area contributed by atoms with Crippen LogP contribution in [0.15, 0.2) is 36.9 Å². The Morgan fingerprint density at radius 2 is 2.22 bits per heavy atom. The molecule has 0 aromatic heterocycles. The molecule has 0 radical (unpaired) electrons. The van der Waals surface area contributed by atoms with Gasteiger partial charge in [-0.2, -0.15) is 0 Å². The van der Waals surface area contributed by atoms with Gasteiger partial charge in [-0.25, -0.2) is 0 Å². The lowest BCUT2D eigenvalue weighted by atomic mass is 10.1. The summed E-state index contributed by atoms with van der Waals surface area (Å²) in [5.41, 5.74) is 1.67. The Morgan fingerprint density at radius 1 is 1.50 bits per heavy atom. The first-order chi connectivity index (χ1) is 8.77. The minimum Gasteiger partial charge on any atom is -0.385 e. The van der Waals surface area contributed by atoms with E-state index in [1.165, 1.54) is 0 Å². The maximum Gasteiger partial charge on any atom is 0.256 e. The molecule has 0 spiro atoms. The van der Waals surface area contributed by atoms with Gasteiger partial charge in [-0.1, -0.05) is 18.2 Å². The van der Waals surface area contributed by atoms with Crippen LogP contribution in [0.3, 0.4) is 0 Å². The summed E-state index contributed by atoms with van der Waals surface area (Å²) in [5.74, 6) is 0.106. The van der Waals surface area contributed by atoms with Crippen LogP contribution in [-0.2, 0) is 0 Å². The molecule has 0 unspecified atom stereocenters. The number of rotatable bonds is 6. The standard InChI is InChI=1S/C15H20N2O/c1-3-11-17(12-9-10-12)15(18)13-7-5-6-8-14(13)16-4-2/h3,5-8,12,16H,1,4,9-11H2,2H3. The molecule has 0 aliphatic heterocycles. The number of benzene rings is 1. The first-order valence-electron chi connectivity index (χ1n) is 6.52. The van der Waals surface area contributed by atoms with Gasteiger partial charge in [-0.3, -0.25) is 4.79 Å². The maximum atomic E-state index is 12.6. The van der Waals surface area contributed by atoms with Crippen LogP contribution in [0.25, 0.3) is 0 Å². The van der Waals surface area contributed by atoms with E-state index in [2.05, 4.69) is 11.9 Å². The molecule has 18 heavy (non-hydrogen) atoms. The Hall–Kier alpha value is -1.77. The highest BCUT2D eigenvalue weighted by molar-refractivity contribution is 6.00. The molecule has 1 aliphatic rings. The van der Waals surface area contributed by atoms with E-state index in [1.54, 1.807) is 6.08 Å². The van der Waals surface area contributed by atoms with Gasteiger partial charge in [0.2, 0.25) is 0 Å². The molecule has 3 nitrogen and oxygen atoms in total. The first kappa shape index (κ1) is 12.7. The second-order valence-electron chi connectivity index (χ2n) is 4.55. The van der Waals surface area contributed by atoms with Crippen molar-refractivity contribution in [3.8, 4) is 0 Å². The molecule has 0 saturated heterocycles. The molecule has 1 N–H and O–H groups in total. The van der Waals surface area contributed by atoms with Crippen LogP contribution >= 0.6 is 0 Å². The molecule has 96 valence electrons. The van der Waals surface area contributed by atoms with Crippen molar-refractivity contribution < 1.29 is 4.79 Å². The second kappa shape index (κ2) is 5.71. The normalized spacial score (nSPS) is 14.1. The number of nitrogens with one attached hydrogen (secondary N) is 1. The third kappa shape index (κ3) is 2.73. The largest absolute Gasteiger partial charge is 0.385 e. The Bertz CT molecular complexity index is 438. The van der Waals surface area contributed by atoms with Crippen molar-refractivity contribution in [3.05, 3.63) is 42.5 Å². The lowest BCUT2D eigenvalue weighted by Gasteiger charge is -2.22. The highest BCUT2D eigenvalue weighted by atomic mass is 16.2. The molecule has 3 heteroatoms. The van der Waals surface area contributed by atoms with E-state index in [0.29, 0.717) is 12.6 Å². The predicted octanol–water partition coefficient (Wildman–Crippen LogP) is 2.91. The fraction of sp³-hybridized carbons (Fsp3) is 0.400. The molecule has 0 bridgehead atoms. The molecule has 1 amide bonds. The molecule has 1 aromatic rings. The average Bonchev–Trinajstić information content (AvgIpc) is 3.20. The third-order valence-corrected chi connectivity index (χ3v) is 3.10. The SMILES string of the molecule is C=CCN(C(=O)c1ccccc1NCC)C1CC1. The summed E-state index contributed by atoms with van der Waals surface area (Å²) in [6.07, 6.45) is 4.03. The number of carbonyl (C=O) groups excluding carboxylic acids is 1. The number of hydrogen-bond donors (Lipinski definition) is 1. The third-order valence-electron chi connectivity index (χ3n) is 3.10. The molecule has 1 aliphatic carbocycles. The lowest BCUT2D eigenvalue weighted by Crippen LogP contribution is -2.33. The number of carbonyl (C=O) groups is 1. The van der Waals surface area contributed by atoms with Crippen LogP contribution in [0, 0.1) is 0 Å². The van der Waals surface area contributed by atoms with E-state index in [0.717, 1.165) is 30.6 Å². The minimum atomic E-state index is 0.106. The Kier molecular flexibility index (Phi) is 4.03. The van der Waals surface area contributed by atoms with Gasteiger partial charge in [0.15, 0.2) is 0 Å². The van der Waals surface area contributed by atoms with Gasteiger partial charge in [-0.15, -0.1) is 6.58 Å². The maximum absolute atomic E-state index is 12.6. The molecular weight excluding hydrogens is 224 g/mol. The zero-order valence-corrected chi connectivity index (χ0v) is 10.9. The van der Waals surface area contributed by atoms with E-state index >= 15 is 0 Å². The van der Waals surface area contributed by atoms with Crippen molar-refractivity contribution in [2.45, 2.75) is 25.8 Å². The van der Waals surface area contributed by atoms with Crippen LogP contribution < -0.4 is 5.32 Å². The van der Waals surface area contributed by atoms with Gasteiger partial charge in [-0.05, 0) is 31.9 Å². The topological polar surface area (TPSA) is 32.3 Å². The number of amides is 1.